The zero-order valence-corrected chi connectivity index (χ0v) is 14.0. The lowest BCUT2D eigenvalue weighted by Gasteiger charge is -2.05. The number of carboxylic acid groups (broad SMARTS) is 1. The van der Waals surface area contributed by atoms with Gasteiger partial charge in [0.15, 0.2) is 0 Å². The number of hydrogen-bond acceptors (Lipinski definition) is 3. The number of thiophene rings is 2. The van der Waals surface area contributed by atoms with Crippen molar-refractivity contribution in [3.63, 3.8) is 0 Å². The van der Waals surface area contributed by atoms with Gasteiger partial charge in [-0.1, -0.05) is 31.2 Å². The molecule has 0 aliphatic carbocycles. The van der Waals surface area contributed by atoms with E-state index in [1.165, 1.54) is 11.3 Å². The first kappa shape index (κ1) is 15.5. The molecule has 0 atom stereocenters. The fourth-order valence-electron chi connectivity index (χ4n) is 2.50. The number of hydrogen-bond donors (Lipinski definition) is 1. The van der Waals surface area contributed by atoms with Gasteiger partial charge in [-0.2, -0.15) is 11.3 Å². The van der Waals surface area contributed by atoms with E-state index in [2.05, 4.69) is 10.2 Å². The molecule has 1 aromatic carbocycles. The van der Waals surface area contributed by atoms with Crippen molar-refractivity contribution in [2.24, 2.45) is 0 Å². The Kier molecular flexibility index (Phi) is 4.28. The third kappa shape index (κ3) is 2.79. The van der Waals surface area contributed by atoms with Gasteiger partial charge in [-0.05, 0) is 39.9 Å². The summed E-state index contributed by atoms with van der Waals surface area (Å²) in [4.78, 5) is 16.2. The summed E-state index contributed by atoms with van der Waals surface area (Å²) >= 11 is 2.84. The van der Waals surface area contributed by atoms with E-state index in [0.29, 0.717) is 17.7 Å². The van der Waals surface area contributed by atoms with Crippen LogP contribution in [-0.2, 0) is 6.42 Å². The molecule has 0 amide bonds. The van der Waals surface area contributed by atoms with Crippen LogP contribution in [0.4, 0.5) is 5.69 Å². The van der Waals surface area contributed by atoms with Crippen molar-refractivity contribution in [1.82, 2.24) is 0 Å². The Balaban J connectivity index is 2.13. The summed E-state index contributed by atoms with van der Waals surface area (Å²) < 4.78 is 0. The van der Waals surface area contributed by atoms with Gasteiger partial charge < -0.3 is 5.11 Å². The molecule has 5 heteroatoms. The normalized spacial score (nSPS) is 10.4. The summed E-state index contributed by atoms with van der Waals surface area (Å²) in [6.45, 7) is 9.37. The van der Waals surface area contributed by atoms with E-state index in [-0.39, 0.29) is 4.88 Å². The van der Waals surface area contributed by atoms with Gasteiger partial charge in [0, 0.05) is 10.4 Å². The van der Waals surface area contributed by atoms with Crippen molar-refractivity contribution in [1.29, 1.82) is 0 Å². The maximum absolute atomic E-state index is 11.6. The molecule has 0 aliphatic rings. The highest BCUT2D eigenvalue weighted by Gasteiger charge is 2.23. The fourth-order valence-corrected chi connectivity index (χ4v) is 4.21. The predicted octanol–water partition coefficient (Wildman–Crippen LogP) is 5.95. The third-order valence-corrected chi connectivity index (χ3v) is 5.60. The van der Waals surface area contributed by atoms with Crippen molar-refractivity contribution in [2.45, 2.75) is 13.3 Å². The van der Waals surface area contributed by atoms with Crippen LogP contribution in [0.1, 0.15) is 21.5 Å². The number of aromatic carboxylic acids is 1. The SMILES string of the molecule is [C-]#[N+]c1c(CC)sc(C(=O)O)c1-c1ccc(-c2ccsc2)cc1. The van der Waals surface area contributed by atoms with Crippen LogP contribution in [-0.4, -0.2) is 11.1 Å². The maximum Gasteiger partial charge on any atom is 0.345 e. The maximum atomic E-state index is 11.6. The molecule has 0 aliphatic heterocycles. The first-order chi connectivity index (χ1) is 11.2. The van der Waals surface area contributed by atoms with Crippen molar-refractivity contribution in [3.05, 3.63) is 62.3 Å². The first-order valence-corrected chi connectivity index (χ1v) is 8.81. The molecule has 2 heterocycles. The standard InChI is InChI=1S/C18H13NO2S2/c1-3-14-16(19-2)15(17(23-14)18(20)21)12-6-4-11(5-7-12)13-8-9-22-10-13/h4-10H,3H2,1H3,(H,20,21). The second kappa shape index (κ2) is 6.37. The van der Waals surface area contributed by atoms with Crippen LogP contribution in [0.2, 0.25) is 0 Å². The van der Waals surface area contributed by atoms with Crippen LogP contribution in [0.25, 0.3) is 27.1 Å². The van der Waals surface area contributed by atoms with E-state index in [1.54, 1.807) is 11.3 Å². The molecule has 1 N–H and O–H groups in total. The van der Waals surface area contributed by atoms with Gasteiger partial charge in [0.05, 0.1) is 6.57 Å². The average Bonchev–Trinajstić information content (AvgIpc) is 3.22. The zero-order valence-electron chi connectivity index (χ0n) is 12.4. The summed E-state index contributed by atoms with van der Waals surface area (Å²) in [7, 11) is 0. The lowest BCUT2D eigenvalue weighted by atomic mass is 10.0. The van der Waals surface area contributed by atoms with Crippen LogP contribution in [0, 0.1) is 6.57 Å². The monoisotopic (exact) mass is 339 g/mol. The second-order valence-electron chi connectivity index (χ2n) is 4.94. The molecule has 0 bridgehead atoms. The molecular formula is C18H13NO2S2. The molecule has 0 radical (unpaired) electrons. The average molecular weight is 339 g/mol. The van der Waals surface area contributed by atoms with Crippen LogP contribution < -0.4 is 0 Å². The highest BCUT2D eigenvalue weighted by Crippen LogP contribution is 2.43. The second-order valence-corrected chi connectivity index (χ2v) is 6.82. The molecule has 114 valence electrons. The molecule has 3 nitrogen and oxygen atoms in total. The minimum Gasteiger partial charge on any atom is -0.477 e. The number of rotatable bonds is 4. The van der Waals surface area contributed by atoms with Gasteiger partial charge in [0.25, 0.3) is 0 Å². The third-order valence-electron chi connectivity index (χ3n) is 3.61. The quantitative estimate of drug-likeness (QED) is 0.596. The Morgan fingerprint density at radius 1 is 1.17 bits per heavy atom. The minimum atomic E-state index is -0.975. The number of carboxylic acids is 1. The van der Waals surface area contributed by atoms with Crippen LogP contribution in [0.5, 0.6) is 0 Å². The first-order valence-electron chi connectivity index (χ1n) is 7.05. The molecule has 2 aromatic heterocycles. The number of carbonyl (C=O) groups is 1. The largest absolute Gasteiger partial charge is 0.477 e. The van der Waals surface area contributed by atoms with Gasteiger partial charge in [0.2, 0.25) is 5.69 Å². The summed E-state index contributed by atoms with van der Waals surface area (Å²) in [6, 6.07) is 9.79. The molecule has 3 aromatic rings. The summed E-state index contributed by atoms with van der Waals surface area (Å²) in [5, 5.41) is 13.6. The highest BCUT2D eigenvalue weighted by molar-refractivity contribution is 7.15. The Morgan fingerprint density at radius 2 is 1.87 bits per heavy atom. The smallest absolute Gasteiger partial charge is 0.345 e. The van der Waals surface area contributed by atoms with E-state index in [4.69, 9.17) is 6.57 Å². The van der Waals surface area contributed by atoms with E-state index in [1.807, 2.05) is 42.6 Å². The van der Waals surface area contributed by atoms with Crippen molar-refractivity contribution < 1.29 is 9.90 Å². The van der Waals surface area contributed by atoms with Gasteiger partial charge in [0.1, 0.15) is 4.88 Å². The number of aryl methyl sites for hydroxylation is 1. The Morgan fingerprint density at radius 3 is 2.39 bits per heavy atom. The van der Waals surface area contributed by atoms with Gasteiger partial charge in [-0.15, -0.1) is 11.3 Å². The lowest BCUT2D eigenvalue weighted by molar-refractivity contribution is 0.0703. The topological polar surface area (TPSA) is 41.7 Å². The molecule has 0 fully saturated rings. The Hall–Kier alpha value is -2.42. The number of nitrogens with zero attached hydrogens (tertiary/aromatic N) is 1. The molecule has 0 unspecified atom stereocenters. The minimum absolute atomic E-state index is 0.246. The van der Waals surface area contributed by atoms with Crippen molar-refractivity contribution in [3.8, 4) is 22.3 Å². The Labute approximate surface area is 142 Å². The summed E-state index contributed by atoms with van der Waals surface area (Å²) in [5.74, 6) is -0.975. The molecular weight excluding hydrogens is 326 g/mol. The molecule has 0 saturated heterocycles. The highest BCUT2D eigenvalue weighted by atomic mass is 32.1. The molecule has 0 spiro atoms. The van der Waals surface area contributed by atoms with Crippen LogP contribution >= 0.6 is 22.7 Å². The molecule has 3 rings (SSSR count). The van der Waals surface area contributed by atoms with Crippen LogP contribution in [0.3, 0.4) is 0 Å². The Bertz CT molecular complexity index is 884. The molecule has 0 saturated carbocycles. The summed E-state index contributed by atoms with van der Waals surface area (Å²) in [5.41, 5.74) is 4.03. The van der Waals surface area contributed by atoms with Crippen LogP contribution in [0.15, 0.2) is 41.1 Å². The van der Waals surface area contributed by atoms with Crippen molar-refractivity contribution >= 4 is 34.3 Å². The zero-order chi connectivity index (χ0) is 16.4. The fraction of sp³-hybridized carbons (Fsp3) is 0.111. The van der Waals surface area contributed by atoms with E-state index < -0.39 is 5.97 Å². The van der Waals surface area contributed by atoms with Gasteiger partial charge in [-0.25, -0.2) is 9.64 Å². The molecule has 23 heavy (non-hydrogen) atoms. The lowest BCUT2D eigenvalue weighted by Crippen LogP contribution is -1.94. The van der Waals surface area contributed by atoms with E-state index in [0.717, 1.165) is 21.6 Å². The van der Waals surface area contributed by atoms with Gasteiger partial charge in [-0.3, -0.25) is 0 Å². The predicted molar refractivity (Wildman–Crippen MR) is 95.7 cm³/mol. The van der Waals surface area contributed by atoms with Crippen molar-refractivity contribution in [2.75, 3.05) is 0 Å². The van der Waals surface area contributed by atoms with E-state index in [9.17, 15) is 9.90 Å². The summed E-state index contributed by atoms with van der Waals surface area (Å²) in [6.07, 6.45) is 0.662. The van der Waals surface area contributed by atoms with Gasteiger partial charge >= 0.3 is 5.97 Å². The number of benzene rings is 1. The van der Waals surface area contributed by atoms with E-state index >= 15 is 0 Å².